The van der Waals surface area contributed by atoms with Crippen LogP contribution in [0.1, 0.15) is 51.6 Å². The van der Waals surface area contributed by atoms with E-state index in [9.17, 15) is 9.59 Å². The van der Waals surface area contributed by atoms with Crippen molar-refractivity contribution in [1.82, 2.24) is 14.9 Å². The van der Waals surface area contributed by atoms with Gasteiger partial charge in [0.2, 0.25) is 0 Å². The summed E-state index contributed by atoms with van der Waals surface area (Å²) < 4.78 is 2.04. The second kappa shape index (κ2) is 6.24. The molecule has 6 nitrogen and oxygen atoms in total. The summed E-state index contributed by atoms with van der Waals surface area (Å²) in [5, 5.41) is 12.1. The Labute approximate surface area is 134 Å². The molecule has 1 amide bonds. The number of aromatic nitrogens is 2. The highest BCUT2D eigenvalue weighted by Crippen LogP contribution is 2.30. The van der Waals surface area contributed by atoms with Crippen LogP contribution in [-0.2, 0) is 0 Å². The lowest BCUT2D eigenvalue weighted by molar-refractivity contribution is 0.0696. The number of aryl methyl sites for hydroxylation is 1. The normalized spacial score (nSPS) is 20.4. The van der Waals surface area contributed by atoms with E-state index in [4.69, 9.17) is 5.11 Å². The van der Waals surface area contributed by atoms with Crippen molar-refractivity contribution in [2.24, 2.45) is 0 Å². The van der Waals surface area contributed by atoms with Gasteiger partial charge in [-0.25, -0.2) is 9.78 Å². The molecule has 0 saturated heterocycles. The first-order valence-electron chi connectivity index (χ1n) is 7.68. The van der Waals surface area contributed by atoms with E-state index in [2.05, 4.69) is 10.3 Å². The van der Waals surface area contributed by atoms with Gasteiger partial charge in [0, 0.05) is 24.0 Å². The van der Waals surface area contributed by atoms with Gasteiger partial charge in [-0.2, -0.15) is 0 Å². The number of hydrogen-bond donors (Lipinski definition) is 2. The molecule has 2 atom stereocenters. The lowest BCUT2D eigenvalue weighted by Crippen LogP contribution is -2.38. The Bertz CT molecular complexity index is 725. The summed E-state index contributed by atoms with van der Waals surface area (Å²) in [6.45, 7) is 1.75. The third kappa shape index (κ3) is 3.11. The average Bonchev–Trinajstić information content (AvgIpc) is 3.17. The quantitative estimate of drug-likeness (QED) is 0.908. The molecule has 1 aromatic heterocycles. The van der Waals surface area contributed by atoms with Gasteiger partial charge >= 0.3 is 5.97 Å². The van der Waals surface area contributed by atoms with Crippen LogP contribution in [0.4, 0.5) is 0 Å². The Morgan fingerprint density at radius 3 is 2.83 bits per heavy atom. The van der Waals surface area contributed by atoms with Crippen molar-refractivity contribution in [3.8, 4) is 0 Å². The van der Waals surface area contributed by atoms with Gasteiger partial charge in [0.15, 0.2) is 0 Å². The van der Waals surface area contributed by atoms with E-state index < -0.39 is 5.97 Å². The number of carbonyl (C=O) groups is 2. The molecule has 3 rings (SSSR count). The number of hydrogen-bond acceptors (Lipinski definition) is 3. The Hall–Kier alpha value is -2.63. The maximum Gasteiger partial charge on any atom is 0.335 e. The van der Waals surface area contributed by atoms with Crippen molar-refractivity contribution in [2.75, 3.05) is 0 Å². The summed E-state index contributed by atoms with van der Waals surface area (Å²) in [5.41, 5.74) is 1.38. The molecule has 2 N–H and O–H groups in total. The Morgan fingerprint density at radius 1 is 1.35 bits per heavy atom. The van der Waals surface area contributed by atoms with Crippen LogP contribution in [0.25, 0.3) is 0 Å². The molecule has 23 heavy (non-hydrogen) atoms. The van der Waals surface area contributed by atoms with Gasteiger partial charge in [0.25, 0.3) is 5.91 Å². The third-order valence-electron chi connectivity index (χ3n) is 4.42. The van der Waals surface area contributed by atoms with Crippen LogP contribution in [-0.4, -0.2) is 32.6 Å². The Balaban J connectivity index is 1.75. The van der Waals surface area contributed by atoms with E-state index in [-0.39, 0.29) is 23.6 Å². The van der Waals surface area contributed by atoms with Gasteiger partial charge in [-0.05, 0) is 49.9 Å². The topological polar surface area (TPSA) is 84.2 Å². The number of carboxylic acids is 1. The SMILES string of the molecule is Cc1cc(C(=O)O)ccc1C(=O)N[C@@H]1CCC[C@@H]1n1ccnc1. The predicted octanol–water partition coefficient (Wildman–Crippen LogP) is 2.41. The van der Waals surface area contributed by atoms with Crippen molar-refractivity contribution in [2.45, 2.75) is 38.3 Å². The first kappa shape index (κ1) is 15.3. The summed E-state index contributed by atoms with van der Waals surface area (Å²) in [7, 11) is 0. The highest BCUT2D eigenvalue weighted by atomic mass is 16.4. The molecular weight excluding hydrogens is 294 g/mol. The monoisotopic (exact) mass is 313 g/mol. The summed E-state index contributed by atoms with van der Waals surface area (Å²) in [5.74, 6) is -1.15. The van der Waals surface area contributed by atoms with E-state index >= 15 is 0 Å². The van der Waals surface area contributed by atoms with Gasteiger partial charge in [0.1, 0.15) is 0 Å². The highest BCUT2D eigenvalue weighted by molar-refractivity contribution is 5.97. The Kier molecular flexibility index (Phi) is 4.14. The molecule has 1 aromatic carbocycles. The van der Waals surface area contributed by atoms with Gasteiger partial charge < -0.3 is 15.0 Å². The standard InChI is InChI=1S/C17H19N3O3/c1-11-9-12(17(22)23)5-6-13(11)16(21)19-14-3-2-4-15(14)20-8-7-18-10-20/h5-10,14-15H,2-4H2,1H3,(H,19,21)(H,22,23)/t14-,15+/m1/s1. The summed E-state index contributed by atoms with van der Waals surface area (Å²) in [4.78, 5) is 27.6. The van der Waals surface area contributed by atoms with Gasteiger partial charge in [-0.1, -0.05) is 0 Å². The molecule has 0 spiro atoms. The zero-order chi connectivity index (χ0) is 16.4. The molecule has 0 radical (unpaired) electrons. The highest BCUT2D eigenvalue weighted by Gasteiger charge is 2.30. The predicted molar refractivity (Wildman–Crippen MR) is 84.5 cm³/mol. The van der Waals surface area contributed by atoms with Crippen LogP contribution in [0.5, 0.6) is 0 Å². The molecule has 2 aromatic rings. The molecule has 1 aliphatic carbocycles. The van der Waals surface area contributed by atoms with E-state index in [0.29, 0.717) is 11.1 Å². The number of benzene rings is 1. The second-order valence-electron chi connectivity index (χ2n) is 5.92. The number of rotatable bonds is 4. The number of amides is 1. The molecule has 1 fully saturated rings. The number of nitrogens with one attached hydrogen (secondary N) is 1. The molecule has 1 saturated carbocycles. The minimum absolute atomic E-state index is 0.0650. The second-order valence-corrected chi connectivity index (χ2v) is 5.92. The van der Waals surface area contributed by atoms with Gasteiger partial charge in [-0.15, -0.1) is 0 Å². The van der Waals surface area contributed by atoms with E-state index in [1.54, 1.807) is 25.5 Å². The average molecular weight is 313 g/mol. The number of carbonyl (C=O) groups excluding carboxylic acids is 1. The fourth-order valence-corrected chi connectivity index (χ4v) is 3.23. The Morgan fingerprint density at radius 2 is 2.17 bits per heavy atom. The fraction of sp³-hybridized carbons (Fsp3) is 0.353. The van der Waals surface area contributed by atoms with Crippen molar-refractivity contribution >= 4 is 11.9 Å². The summed E-state index contributed by atoms with van der Waals surface area (Å²) >= 11 is 0. The maximum atomic E-state index is 12.5. The lowest BCUT2D eigenvalue weighted by atomic mass is 10.0. The van der Waals surface area contributed by atoms with Crippen molar-refractivity contribution in [1.29, 1.82) is 0 Å². The molecule has 1 heterocycles. The van der Waals surface area contributed by atoms with E-state index in [1.807, 2.05) is 10.8 Å². The van der Waals surface area contributed by atoms with Crippen LogP contribution in [0.3, 0.4) is 0 Å². The minimum Gasteiger partial charge on any atom is -0.478 e. The first-order chi connectivity index (χ1) is 11.1. The maximum absolute atomic E-state index is 12.5. The minimum atomic E-state index is -0.990. The van der Waals surface area contributed by atoms with E-state index in [0.717, 1.165) is 19.3 Å². The fourth-order valence-electron chi connectivity index (χ4n) is 3.23. The first-order valence-corrected chi connectivity index (χ1v) is 7.68. The van der Waals surface area contributed by atoms with Crippen LogP contribution >= 0.6 is 0 Å². The zero-order valence-corrected chi connectivity index (χ0v) is 12.9. The van der Waals surface area contributed by atoms with Crippen molar-refractivity contribution < 1.29 is 14.7 Å². The smallest absolute Gasteiger partial charge is 0.335 e. The number of nitrogens with zero attached hydrogens (tertiary/aromatic N) is 2. The molecular formula is C17H19N3O3. The largest absolute Gasteiger partial charge is 0.478 e. The van der Waals surface area contributed by atoms with Crippen LogP contribution in [0.15, 0.2) is 36.9 Å². The lowest BCUT2D eigenvalue weighted by Gasteiger charge is -2.22. The molecule has 120 valence electrons. The molecule has 0 aliphatic heterocycles. The van der Waals surface area contributed by atoms with Crippen LogP contribution in [0.2, 0.25) is 0 Å². The van der Waals surface area contributed by atoms with E-state index in [1.165, 1.54) is 12.1 Å². The van der Waals surface area contributed by atoms with Crippen LogP contribution < -0.4 is 5.32 Å². The number of imidazole rings is 1. The number of carboxylic acid groups (broad SMARTS) is 1. The van der Waals surface area contributed by atoms with Gasteiger partial charge in [0.05, 0.1) is 17.9 Å². The molecule has 6 heteroatoms. The summed E-state index contributed by atoms with van der Waals surface area (Å²) in [6, 6.07) is 4.86. The third-order valence-corrected chi connectivity index (χ3v) is 4.42. The van der Waals surface area contributed by atoms with Crippen molar-refractivity contribution in [3.05, 3.63) is 53.6 Å². The zero-order valence-electron chi connectivity index (χ0n) is 12.9. The molecule has 1 aliphatic rings. The molecule has 0 unspecified atom stereocenters. The van der Waals surface area contributed by atoms with Gasteiger partial charge in [-0.3, -0.25) is 4.79 Å². The molecule has 0 bridgehead atoms. The van der Waals surface area contributed by atoms with Crippen LogP contribution in [0, 0.1) is 6.92 Å². The van der Waals surface area contributed by atoms with Crippen molar-refractivity contribution in [3.63, 3.8) is 0 Å². The number of aromatic carboxylic acids is 1. The summed E-state index contributed by atoms with van der Waals surface area (Å²) in [6.07, 6.45) is 8.44.